The van der Waals surface area contributed by atoms with Gasteiger partial charge in [0.1, 0.15) is 5.69 Å². The first kappa shape index (κ1) is 13.0. The van der Waals surface area contributed by atoms with Gasteiger partial charge in [-0.05, 0) is 30.6 Å². The van der Waals surface area contributed by atoms with Crippen LogP contribution in [0.5, 0.6) is 0 Å². The smallest absolute Gasteiger partial charge is 0.291 e. The van der Waals surface area contributed by atoms with Gasteiger partial charge in [-0.2, -0.15) is 5.10 Å². The number of halogens is 1. The predicted octanol–water partition coefficient (Wildman–Crippen LogP) is 2.91. The van der Waals surface area contributed by atoms with Gasteiger partial charge in [0.2, 0.25) is 0 Å². The SMILES string of the molecule is CC1(C)CC1Nc1c(Cl)cnn(CC2CCC2)c1=O. The fraction of sp³-hybridized carbons (Fsp3) is 0.714. The highest BCUT2D eigenvalue weighted by molar-refractivity contribution is 6.33. The van der Waals surface area contributed by atoms with Gasteiger partial charge in [-0.15, -0.1) is 0 Å². The largest absolute Gasteiger partial charge is 0.376 e. The van der Waals surface area contributed by atoms with E-state index >= 15 is 0 Å². The lowest BCUT2D eigenvalue weighted by atomic mass is 9.85. The van der Waals surface area contributed by atoms with Crippen molar-refractivity contribution in [2.24, 2.45) is 11.3 Å². The van der Waals surface area contributed by atoms with E-state index < -0.39 is 0 Å². The van der Waals surface area contributed by atoms with Crippen LogP contribution in [0, 0.1) is 11.3 Å². The lowest BCUT2D eigenvalue weighted by Crippen LogP contribution is -2.31. The summed E-state index contributed by atoms with van der Waals surface area (Å²) in [6.45, 7) is 5.10. The summed E-state index contributed by atoms with van der Waals surface area (Å²) in [5.41, 5.74) is 0.700. The van der Waals surface area contributed by atoms with Crippen LogP contribution < -0.4 is 10.9 Å². The Morgan fingerprint density at radius 2 is 2.21 bits per heavy atom. The zero-order valence-electron chi connectivity index (χ0n) is 11.4. The summed E-state index contributed by atoms with van der Waals surface area (Å²) in [6, 6.07) is 0.345. The maximum absolute atomic E-state index is 12.4. The van der Waals surface area contributed by atoms with Crippen LogP contribution in [0.1, 0.15) is 39.5 Å². The maximum atomic E-state index is 12.4. The molecule has 19 heavy (non-hydrogen) atoms. The number of nitrogens with one attached hydrogen (secondary N) is 1. The highest BCUT2D eigenvalue weighted by atomic mass is 35.5. The van der Waals surface area contributed by atoms with Gasteiger partial charge in [0.15, 0.2) is 0 Å². The van der Waals surface area contributed by atoms with Crippen LogP contribution in [0.25, 0.3) is 0 Å². The molecule has 0 bridgehead atoms. The van der Waals surface area contributed by atoms with Crippen LogP contribution in [0.15, 0.2) is 11.0 Å². The van der Waals surface area contributed by atoms with Crippen LogP contribution in [0.3, 0.4) is 0 Å². The van der Waals surface area contributed by atoms with E-state index in [0.717, 1.165) is 13.0 Å². The van der Waals surface area contributed by atoms with Gasteiger partial charge in [0, 0.05) is 12.6 Å². The summed E-state index contributed by atoms with van der Waals surface area (Å²) >= 11 is 6.11. The molecule has 1 unspecified atom stereocenters. The van der Waals surface area contributed by atoms with Gasteiger partial charge in [-0.25, -0.2) is 4.68 Å². The van der Waals surface area contributed by atoms with Gasteiger partial charge >= 0.3 is 0 Å². The Morgan fingerprint density at radius 1 is 1.53 bits per heavy atom. The topological polar surface area (TPSA) is 46.9 Å². The number of nitrogens with zero attached hydrogens (tertiary/aromatic N) is 2. The van der Waals surface area contributed by atoms with Crippen molar-refractivity contribution in [2.45, 2.75) is 52.1 Å². The molecule has 1 atom stereocenters. The molecule has 1 N–H and O–H groups in total. The van der Waals surface area contributed by atoms with Crippen molar-refractivity contribution in [3.63, 3.8) is 0 Å². The second-order valence-electron chi connectivity index (χ2n) is 6.54. The first-order valence-corrected chi connectivity index (χ1v) is 7.37. The minimum absolute atomic E-state index is 0.0814. The highest BCUT2D eigenvalue weighted by Crippen LogP contribution is 2.46. The van der Waals surface area contributed by atoms with E-state index in [-0.39, 0.29) is 11.0 Å². The Bertz CT molecular complexity index is 548. The van der Waals surface area contributed by atoms with E-state index in [1.165, 1.54) is 19.3 Å². The van der Waals surface area contributed by atoms with Crippen LogP contribution >= 0.6 is 11.6 Å². The fourth-order valence-corrected chi connectivity index (χ4v) is 2.72. The van der Waals surface area contributed by atoms with Crippen LogP contribution in [0.2, 0.25) is 5.02 Å². The average Bonchev–Trinajstić information content (AvgIpc) is 2.89. The van der Waals surface area contributed by atoms with Gasteiger partial charge in [-0.1, -0.05) is 31.9 Å². The van der Waals surface area contributed by atoms with E-state index in [1.807, 2.05) is 0 Å². The Hall–Kier alpha value is -1.03. The summed E-state index contributed by atoms with van der Waals surface area (Å²) in [6.07, 6.45) is 6.34. The molecule has 0 amide bonds. The van der Waals surface area contributed by atoms with Crippen molar-refractivity contribution < 1.29 is 0 Å². The standard InChI is InChI=1S/C14H20ClN3O/c1-14(2)6-11(14)17-12-10(15)7-16-18(13(12)19)8-9-4-3-5-9/h7,9,11,17H,3-6,8H2,1-2H3. The van der Waals surface area contributed by atoms with Crippen molar-refractivity contribution >= 4 is 17.3 Å². The Kier molecular flexibility index (Phi) is 3.08. The van der Waals surface area contributed by atoms with Gasteiger partial charge in [0.25, 0.3) is 5.56 Å². The van der Waals surface area contributed by atoms with E-state index in [4.69, 9.17) is 11.6 Å². The van der Waals surface area contributed by atoms with E-state index in [0.29, 0.717) is 22.7 Å². The molecule has 0 aromatic carbocycles. The van der Waals surface area contributed by atoms with Crippen molar-refractivity contribution in [3.05, 3.63) is 21.6 Å². The molecule has 104 valence electrons. The van der Waals surface area contributed by atoms with Gasteiger partial charge in [-0.3, -0.25) is 4.79 Å². The third-order valence-corrected chi connectivity index (χ3v) is 4.77. The molecule has 1 aromatic heterocycles. The second-order valence-corrected chi connectivity index (χ2v) is 6.95. The summed E-state index contributed by atoms with van der Waals surface area (Å²) < 4.78 is 1.56. The Labute approximate surface area is 118 Å². The van der Waals surface area contributed by atoms with Crippen LogP contribution in [0.4, 0.5) is 5.69 Å². The third-order valence-electron chi connectivity index (χ3n) is 4.49. The normalized spacial score (nSPS) is 24.9. The summed E-state index contributed by atoms with van der Waals surface area (Å²) in [7, 11) is 0. The zero-order chi connectivity index (χ0) is 13.6. The molecule has 0 spiro atoms. The summed E-state index contributed by atoms with van der Waals surface area (Å²) in [4.78, 5) is 12.4. The zero-order valence-corrected chi connectivity index (χ0v) is 12.2. The van der Waals surface area contributed by atoms with Crippen LogP contribution in [-0.4, -0.2) is 15.8 Å². The van der Waals surface area contributed by atoms with Crippen LogP contribution in [-0.2, 0) is 6.54 Å². The molecular weight excluding hydrogens is 262 g/mol. The molecular formula is C14H20ClN3O. The molecule has 2 aliphatic rings. The fourth-order valence-electron chi connectivity index (χ4n) is 2.54. The molecule has 1 heterocycles. The van der Waals surface area contributed by atoms with Gasteiger partial charge in [0.05, 0.1) is 11.2 Å². The molecule has 2 saturated carbocycles. The molecule has 0 radical (unpaired) electrons. The van der Waals surface area contributed by atoms with Crippen molar-refractivity contribution in [1.82, 2.24) is 9.78 Å². The monoisotopic (exact) mass is 281 g/mol. The molecule has 3 rings (SSSR count). The molecule has 2 fully saturated rings. The Balaban J connectivity index is 1.81. The lowest BCUT2D eigenvalue weighted by molar-refractivity contribution is 0.262. The Morgan fingerprint density at radius 3 is 2.74 bits per heavy atom. The first-order valence-electron chi connectivity index (χ1n) is 6.99. The molecule has 1 aromatic rings. The van der Waals surface area contributed by atoms with Gasteiger partial charge < -0.3 is 5.32 Å². The number of anilines is 1. The third kappa shape index (κ3) is 2.50. The number of hydrogen-bond donors (Lipinski definition) is 1. The average molecular weight is 282 g/mol. The van der Waals surface area contributed by atoms with Crippen molar-refractivity contribution in [1.29, 1.82) is 0 Å². The molecule has 2 aliphatic carbocycles. The summed E-state index contributed by atoms with van der Waals surface area (Å²) in [5, 5.41) is 7.87. The van der Waals surface area contributed by atoms with E-state index in [1.54, 1.807) is 10.9 Å². The molecule has 5 heteroatoms. The molecule has 0 aliphatic heterocycles. The predicted molar refractivity (Wildman–Crippen MR) is 76.7 cm³/mol. The van der Waals surface area contributed by atoms with Crippen molar-refractivity contribution in [2.75, 3.05) is 5.32 Å². The summed E-state index contributed by atoms with van der Waals surface area (Å²) in [5.74, 6) is 0.608. The highest BCUT2D eigenvalue weighted by Gasteiger charge is 2.46. The number of aromatic nitrogens is 2. The first-order chi connectivity index (χ1) is 8.97. The second kappa shape index (κ2) is 4.51. The quantitative estimate of drug-likeness (QED) is 0.923. The number of hydrogen-bond acceptors (Lipinski definition) is 3. The minimum Gasteiger partial charge on any atom is -0.376 e. The minimum atomic E-state index is -0.0814. The molecule has 0 saturated heterocycles. The molecule has 4 nitrogen and oxygen atoms in total. The maximum Gasteiger partial charge on any atom is 0.291 e. The number of rotatable bonds is 4. The van der Waals surface area contributed by atoms with Crippen molar-refractivity contribution in [3.8, 4) is 0 Å². The van der Waals surface area contributed by atoms with E-state index in [2.05, 4.69) is 24.3 Å². The van der Waals surface area contributed by atoms with E-state index in [9.17, 15) is 4.79 Å². The lowest BCUT2D eigenvalue weighted by Gasteiger charge is -2.25.